The molecule has 4 N–H and O–H groups in total. The highest BCUT2D eigenvalue weighted by Gasteiger charge is 2.27. The van der Waals surface area contributed by atoms with Crippen LogP contribution in [0.2, 0.25) is 0 Å². The number of carbonyl (C=O) groups is 3. The third kappa shape index (κ3) is 8.47. The molecule has 0 aromatic heterocycles. The molecule has 0 saturated heterocycles. The van der Waals surface area contributed by atoms with Crippen LogP contribution in [0.25, 0.3) is 0 Å². The quantitative estimate of drug-likeness (QED) is 0.343. The van der Waals surface area contributed by atoms with Gasteiger partial charge in [-0.15, -0.1) is 0 Å². The van der Waals surface area contributed by atoms with E-state index in [-0.39, 0.29) is 18.9 Å². The topological polar surface area (TPSA) is 117 Å². The number of rotatable bonds is 10. The second kappa shape index (κ2) is 12.3. The molecule has 8 nitrogen and oxygen atoms in total. The Balaban J connectivity index is 2.08. The molecule has 166 valence electrons. The predicted molar refractivity (Wildman–Crippen MR) is 115 cm³/mol. The van der Waals surface area contributed by atoms with Crippen LogP contribution < -0.4 is 16.1 Å². The fourth-order valence-electron chi connectivity index (χ4n) is 3.02. The molecule has 0 fully saturated rings. The molecule has 2 rings (SSSR count). The molecule has 0 saturated carbocycles. The van der Waals surface area contributed by atoms with Gasteiger partial charge >= 0.3 is 6.09 Å². The van der Waals surface area contributed by atoms with Crippen molar-refractivity contribution in [2.24, 2.45) is 5.92 Å². The number of carbonyl (C=O) groups excluding carboxylic acids is 3. The molecule has 31 heavy (non-hydrogen) atoms. The number of hydroxylamine groups is 1. The Kier molecular flexibility index (Phi) is 9.51. The highest BCUT2D eigenvalue weighted by atomic mass is 16.5. The summed E-state index contributed by atoms with van der Waals surface area (Å²) in [6.45, 7) is 3.85. The second-order valence-corrected chi connectivity index (χ2v) is 7.62. The van der Waals surface area contributed by atoms with E-state index < -0.39 is 30.0 Å². The Bertz CT molecular complexity index is 843. The maximum Gasteiger partial charge on any atom is 0.408 e. The van der Waals surface area contributed by atoms with Crippen molar-refractivity contribution in [3.8, 4) is 0 Å². The Labute approximate surface area is 181 Å². The molecule has 8 heteroatoms. The van der Waals surface area contributed by atoms with Crippen molar-refractivity contribution in [3.05, 3.63) is 71.8 Å². The first-order chi connectivity index (χ1) is 14.9. The van der Waals surface area contributed by atoms with Crippen molar-refractivity contribution < 1.29 is 24.3 Å². The second-order valence-electron chi connectivity index (χ2n) is 7.62. The lowest BCUT2D eigenvalue weighted by atomic mass is 10.0. The lowest BCUT2D eigenvalue weighted by Gasteiger charge is -2.23. The average molecular weight is 428 g/mol. The van der Waals surface area contributed by atoms with Gasteiger partial charge in [0.2, 0.25) is 5.91 Å². The SMILES string of the molecule is CC(C)C[C@H](NC(=O)[C@H](Cc1ccccc1)NC(=O)OCc1ccccc1)C(=O)NO. The van der Waals surface area contributed by atoms with Crippen LogP contribution in [0.15, 0.2) is 60.7 Å². The molecular weight excluding hydrogens is 398 g/mol. The third-order valence-electron chi connectivity index (χ3n) is 4.55. The first kappa shape index (κ1) is 23.9. The summed E-state index contributed by atoms with van der Waals surface area (Å²) in [7, 11) is 0. The molecule has 3 amide bonds. The first-order valence-corrected chi connectivity index (χ1v) is 10.1. The molecule has 2 atom stereocenters. The zero-order chi connectivity index (χ0) is 22.6. The Morgan fingerprint density at radius 2 is 1.42 bits per heavy atom. The van der Waals surface area contributed by atoms with Crippen molar-refractivity contribution >= 4 is 17.9 Å². The van der Waals surface area contributed by atoms with Crippen LogP contribution in [0.4, 0.5) is 4.79 Å². The van der Waals surface area contributed by atoms with Crippen LogP contribution in [-0.2, 0) is 27.4 Å². The summed E-state index contributed by atoms with van der Waals surface area (Å²) >= 11 is 0. The summed E-state index contributed by atoms with van der Waals surface area (Å²) in [6.07, 6.45) is -0.205. The maximum atomic E-state index is 12.9. The highest BCUT2D eigenvalue weighted by Crippen LogP contribution is 2.08. The van der Waals surface area contributed by atoms with Crippen molar-refractivity contribution in [1.82, 2.24) is 16.1 Å². The molecular formula is C23H29N3O5. The van der Waals surface area contributed by atoms with Gasteiger partial charge in [0, 0.05) is 6.42 Å². The van der Waals surface area contributed by atoms with Gasteiger partial charge in [-0.05, 0) is 23.5 Å². The van der Waals surface area contributed by atoms with Crippen LogP contribution in [0.5, 0.6) is 0 Å². The summed E-state index contributed by atoms with van der Waals surface area (Å²) in [4.78, 5) is 37.2. The Morgan fingerprint density at radius 1 is 0.839 bits per heavy atom. The lowest BCUT2D eigenvalue weighted by molar-refractivity contribution is -0.135. The zero-order valence-corrected chi connectivity index (χ0v) is 17.7. The van der Waals surface area contributed by atoms with Gasteiger partial charge in [0.25, 0.3) is 5.91 Å². The van der Waals surface area contributed by atoms with Gasteiger partial charge in [-0.3, -0.25) is 14.8 Å². The largest absolute Gasteiger partial charge is 0.445 e. The van der Waals surface area contributed by atoms with Crippen LogP contribution >= 0.6 is 0 Å². The fraction of sp³-hybridized carbons (Fsp3) is 0.348. The normalized spacial score (nSPS) is 12.5. The smallest absolute Gasteiger partial charge is 0.408 e. The molecule has 0 unspecified atom stereocenters. The number of ether oxygens (including phenoxy) is 1. The van der Waals surface area contributed by atoms with Crippen LogP contribution in [0, 0.1) is 5.92 Å². The molecule has 0 radical (unpaired) electrons. The summed E-state index contributed by atoms with van der Waals surface area (Å²) in [5.74, 6) is -1.17. The third-order valence-corrected chi connectivity index (χ3v) is 4.55. The van der Waals surface area contributed by atoms with Crippen molar-refractivity contribution in [2.45, 2.75) is 45.4 Å². The van der Waals surface area contributed by atoms with E-state index in [0.717, 1.165) is 11.1 Å². The van der Waals surface area contributed by atoms with Crippen molar-refractivity contribution in [2.75, 3.05) is 0 Å². The van der Waals surface area contributed by atoms with Gasteiger partial charge in [-0.25, -0.2) is 10.3 Å². The molecule has 0 aliphatic heterocycles. The highest BCUT2D eigenvalue weighted by molar-refractivity contribution is 5.91. The van der Waals surface area contributed by atoms with Gasteiger partial charge in [-0.2, -0.15) is 0 Å². The van der Waals surface area contributed by atoms with Crippen LogP contribution in [-0.4, -0.2) is 35.2 Å². The maximum absolute atomic E-state index is 12.9. The van der Waals surface area contributed by atoms with Crippen molar-refractivity contribution in [1.29, 1.82) is 0 Å². The Hall–Kier alpha value is -3.39. The molecule has 0 aliphatic carbocycles. The first-order valence-electron chi connectivity index (χ1n) is 10.1. The van der Waals surface area contributed by atoms with E-state index in [1.807, 2.05) is 74.5 Å². The van der Waals surface area contributed by atoms with Gasteiger partial charge in [0.15, 0.2) is 0 Å². The minimum atomic E-state index is -0.966. The van der Waals surface area contributed by atoms with E-state index >= 15 is 0 Å². The van der Waals surface area contributed by atoms with Crippen molar-refractivity contribution in [3.63, 3.8) is 0 Å². The van der Waals surface area contributed by atoms with Gasteiger partial charge in [-0.1, -0.05) is 74.5 Å². The van der Waals surface area contributed by atoms with Crippen LogP contribution in [0.3, 0.4) is 0 Å². The van der Waals surface area contributed by atoms with E-state index in [4.69, 9.17) is 9.94 Å². The molecule has 0 aliphatic rings. The summed E-state index contributed by atoms with van der Waals surface area (Å²) in [5, 5.41) is 14.2. The van der Waals surface area contributed by atoms with E-state index in [1.54, 1.807) is 5.48 Å². The fourth-order valence-corrected chi connectivity index (χ4v) is 3.02. The van der Waals surface area contributed by atoms with E-state index in [1.165, 1.54) is 0 Å². The van der Waals surface area contributed by atoms with Gasteiger partial charge in [0.05, 0.1) is 0 Å². The minimum absolute atomic E-state index is 0.0647. The van der Waals surface area contributed by atoms with Crippen LogP contribution in [0.1, 0.15) is 31.4 Å². The Morgan fingerprint density at radius 3 is 1.97 bits per heavy atom. The lowest BCUT2D eigenvalue weighted by Crippen LogP contribution is -2.54. The summed E-state index contributed by atoms with van der Waals surface area (Å²) in [5.41, 5.74) is 3.23. The number of nitrogens with one attached hydrogen (secondary N) is 3. The number of benzene rings is 2. The number of amides is 3. The number of alkyl carbamates (subject to hydrolysis) is 1. The standard InChI is InChI=1S/C23H29N3O5/c1-16(2)13-19(22(28)26-30)24-21(27)20(14-17-9-5-3-6-10-17)25-23(29)31-15-18-11-7-4-8-12-18/h3-12,16,19-20,30H,13-15H2,1-2H3,(H,24,27)(H,25,29)(H,26,28)/t19-,20-/m0/s1. The van der Waals surface area contributed by atoms with E-state index in [9.17, 15) is 14.4 Å². The van der Waals surface area contributed by atoms with Gasteiger partial charge in [0.1, 0.15) is 18.7 Å². The summed E-state index contributed by atoms with van der Waals surface area (Å²) < 4.78 is 5.24. The number of hydrogen-bond donors (Lipinski definition) is 4. The molecule has 2 aromatic rings. The zero-order valence-electron chi connectivity index (χ0n) is 17.7. The van der Waals surface area contributed by atoms with E-state index in [2.05, 4.69) is 10.6 Å². The molecule has 0 heterocycles. The molecule has 2 aromatic carbocycles. The molecule has 0 bridgehead atoms. The molecule has 0 spiro atoms. The average Bonchev–Trinajstić information content (AvgIpc) is 2.77. The summed E-state index contributed by atoms with van der Waals surface area (Å²) in [6, 6.07) is 16.5. The monoisotopic (exact) mass is 427 g/mol. The predicted octanol–water partition coefficient (Wildman–Crippen LogP) is 2.56. The van der Waals surface area contributed by atoms with Gasteiger partial charge < -0.3 is 15.4 Å². The number of hydrogen-bond acceptors (Lipinski definition) is 5. The van der Waals surface area contributed by atoms with E-state index in [0.29, 0.717) is 6.42 Å². The minimum Gasteiger partial charge on any atom is -0.445 e.